The zero-order chi connectivity index (χ0) is 33.0. The second kappa shape index (κ2) is 16.3. The number of rotatable bonds is 8. The van der Waals surface area contributed by atoms with Crippen molar-refractivity contribution in [1.82, 2.24) is 0 Å². The van der Waals surface area contributed by atoms with E-state index in [1.165, 1.54) is 0 Å². The van der Waals surface area contributed by atoms with Gasteiger partial charge in [-0.05, 0) is 36.8 Å². The van der Waals surface area contributed by atoms with E-state index in [1.54, 1.807) is 0 Å². The highest BCUT2D eigenvalue weighted by Crippen LogP contribution is 2.43. The molecule has 0 spiro atoms. The zero-order valence-electron chi connectivity index (χ0n) is 28.4. The van der Waals surface area contributed by atoms with Crippen LogP contribution in [0.15, 0.2) is 60.7 Å². The third kappa shape index (κ3) is 8.87. The summed E-state index contributed by atoms with van der Waals surface area (Å²) in [4.78, 5) is 25.9. The number of hydrogen-bond acceptors (Lipinski definition) is 6. The van der Waals surface area contributed by atoms with Crippen molar-refractivity contribution in [3.8, 4) is 0 Å². The number of aliphatic hydroxyl groups is 2. The Morgan fingerprint density at radius 2 is 0.896 bits per heavy atom. The van der Waals surface area contributed by atoms with Crippen LogP contribution in [-0.2, 0) is 30.3 Å². The lowest BCUT2D eigenvalue weighted by Gasteiger charge is -2.33. The highest BCUT2D eigenvalue weighted by atomic mass is 16.6. The number of quaternary nitrogens is 2. The van der Waals surface area contributed by atoms with Gasteiger partial charge in [0.15, 0.2) is 23.4 Å². The molecule has 4 aliphatic rings. The van der Waals surface area contributed by atoms with Gasteiger partial charge in [0.25, 0.3) is 0 Å². The number of nitrogens with zero attached hydrogens (tertiary/aromatic N) is 2. The van der Waals surface area contributed by atoms with Gasteiger partial charge < -0.3 is 28.7 Å². The van der Waals surface area contributed by atoms with E-state index in [2.05, 4.69) is 28.2 Å². The van der Waals surface area contributed by atoms with Crippen molar-refractivity contribution in [2.24, 2.45) is 11.8 Å². The molecule has 0 unspecified atom stereocenters. The molecule has 2 N–H and O–H groups in total. The van der Waals surface area contributed by atoms with Crippen LogP contribution in [0.2, 0.25) is 0 Å². The lowest BCUT2D eigenvalue weighted by molar-refractivity contribution is -0.879. The van der Waals surface area contributed by atoms with E-state index < -0.39 is 23.1 Å². The smallest absolute Gasteiger partial charge is 0.343 e. The summed E-state index contributed by atoms with van der Waals surface area (Å²) in [6.45, 7) is 3.65. The normalized spacial score (nSPS) is 25.7. The van der Waals surface area contributed by atoms with Crippen LogP contribution < -0.4 is 0 Å². The van der Waals surface area contributed by atoms with E-state index in [0.717, 1.165) is 99.4 Å². The van der Waals surface area contributed by atoms with Crippen molar-refractivity contribution in [1.29, 1.82) is 0 Å². The largest absolute Gasteiger partial charge is 0.454 e. The van der Waals surface area contributed by atoms with Crippen LogP contribution in [-0.4, -0.2) is 97.7 Å². The van der Waals surface area contributed by atoms with Gasteiger partial charge in [0.2, 0.25) is 0 Å². The number of likely N-dealkylation sites (tertiary alicyclic amines) is 2. The summed E-state index contributed by atoms with van der Waals surface area (Å²) in [6.07, 6.45) is 9.37. The molecule has 2 heterocycles. The van der Waals surface area contributed by atoms with Gasteiger partial charge in [0, 0.05) is 24.7 Å². The molecule has 2 saturated heterocycles. The fourth-order valence-corrected chi connectivity index (χ4v) is 8.24. The molecule has 2 aromatic carbocycles. The predicted molar refractivity (Wildman–Crippen MR) is 191 cm³/mol. The quantitative estimate of drug-likeness (QED) is 0.258. The topological polar surface area (TPSA) is 93.1 Å². The van der Waals surface area contributed by atoms with Gasteiger partial charge in [-0.1, -0.05) is 101 Å². The first-order chi connectivity index (χ1) is 21.8. The molecule has 2 aliphatic heterocycles. The molecule has 0 aromatic heterocycles. The van der Waals surface area contributed by atoms with E-state index in [1.807, 2.05) is 60.7 Å². The summed E-state index contributed by atoms with van der Waals surface area (Å²) in [5.41, 5.74) is -1.66. The van der Waals surface area contributed by atoms with Crippen molar-refractivity contribution in [3.63, 3.8) is 0 Å². The molecule has 2 aliphatic carbocycles. The summed E-state index contributed by atoms with van der Waals surface area (Å²) in [7, 11) is 8.59. The summed E-state index contributed by atoms with van der Waals surface area (Å²) in [5.74, 6) is -0.993. The molecule has 268 valence electrons. The summed E-state index contributed by atoms with van der Waals surface area (Å²) in [6, 6.07) is 18.7. The Balaban J connectivity index is 0.000000250. The summed E-state index contributed by atoms with van der Waals surface area (Å²) < 4.78 is 13.3. The van der Waals surface area contributed by atoms with Gasteiger partial charge in [-0.3, -0.25) is 0 Å². The van der Waals surface area contributed by atoms with Gasteiger partial charge in [-0.15, -0.1) is 0 Å². The van der Waals surface area contributed by atoms with E-state index in [-0.39, 0.29) is 38.9 Å². The Kier molecular flexibility index (Phi) is 13.5. The molecule has 0 bridgehead atoms. The first-order valence-corrected chi connectivity index (χ1v) is 17.5. The minimum Gasteiger partial charge on any atom is -0.454 e. The van der Waals surface area contributed by atoms with Crippen LogP contribution in [0.1, 0.15) is 90.2 Å². The average Bonchev–Trinajstić information content (AvgIpc) is 3.87. The highest BCUT2D eigenvalue weighted by Gasteiger charge is 2.50. The fraction of sp³-hybridized carbons (Fsp3) is 0.650. The minimum atomic E-state index is -1.50. The van der Waals surface area contributed by atoms with Crippen LogP contribution in [0.3, 0.4) is 0 Å². The number of esters is 2. The SMILES string of the molecule is C.C.C[N+]1(C)CC[C@@H](OC(=O)[C@@](O)(c2ccccc2)C2CCCC2)C1.C[N+]1(C)CC[C@@H](OC(=O)[C@](O)(c2ccccc2)C2CCCC2)C1. The molecular weight excluding hydrogens is 604 g/mol. The number of hydrogen-bond donors (Lipinski definition) is 2. The second-order valence-electron chi connectivity index (χ2n) is 15.5. The van der Waals surface area contributed by atoms with E-state index in [0.29, 0.717) is 11.1 Å². The highest BCUT2D eigenvalue weighted by molar-refractivity contribution is 5.82. The van der Waals surface area contributed by atoms with Gasteiger partial charge in [-0.2, -0.15) is 0 Å². The van der Waals surface area contributed by atoms with Crippen LogP contribution in [0, 0.1) is 11.8 Å². The predicted octanol–water partition coefficient (Wildman–Crippen LogP) is 6.18. The Morgan fingerprint density at radius 3 is 1.17 bits per heavy atom. The number of ether oxygens (including phenoxy) is 2. The second-order valence-corrected chi connectivity index (χ2v) is 15.5. The van der Waals surface area contributed by atoms with E-state index >= 15 is 0 Å². The number of carbonyl (C=O) groups excluding carboxylic acids is 2. The van der Waals surface area contributed by atoms with Gasteiger partial charge in [-0.25, -0.2) is 9.59 Å². The van der Waals surface area contributed by atoms with Crippen molar-refractivity contribution in [2.45, 2.75) is 102 Å². The van der Waals surface area contributed by atoms with Gasteiger partial charge >= 0.3 is 11.9 Å². The number of likely N-dealkylation sites (N-methyl/N-ethyl adjacent to an activating group) is 2. The molecule has 2 saturated carbocycles. The fourth-order valence-electron chi connectivity index (χ4n) is 8.24. The van der Waals surface area contributed by atoms with Crippen LogP contribution in [0.25, 0.3) is 0 Å². The Labute approximate surface area is 290 Å². The number of carbonyl (C=O) groups is 2. The molecular formula is C40H64N2O6+2. The molecule has 0 amide bonds. The molecule has 6 rings (SSSR count). The maximum Gasteiger partial charge on any atom is 0.343 e. The van der Waals surface area contributed by atoms with Gasteiger partial charge in [0.1, 0.15) is 13.1 Å². The maximum atomic E-state index is 12.9. The van der Waals surface area contributed by atoms with Gasteiger partial charge in [0.05, 0.1) is 41.3 Å². The molecule has 8 nitrogen and oxygen atoms in total. The van der Waals surface area contributed by atoms with Crippen molar-refractivity contribution < 1.29 is 38.2 Å². The van der Waals surface area contributed by atoms with Crippen molar-refractivity contribution >= 4 is 11.9 Å². The molecule has 8 heteroatoms. The zero-order valence-corrected chi connectivity index (χ0v) is 28.4. The Morgan fingerprint density at radius 1 is 0.583 bits per heavy atom. The lowest BCUT2D eigenvalue weighted by Crippen LogP contribution is -2.46. The van der Waals surface area contributed by atoms with Crippen LogP contribution in [0.4, 0.5) is 0 Å². The first kappa shape index (κ1) is 39.7. The standard InChI is InChI=1S/2C19H28NO3.2CH4/c2*1-20(2)13-12-17(14-20)23-18(21)19(22,16-10-6-7-11-16)15-8-4-3-5-9-15;;/h2*3-5,8-9,16-17,22H,6-7,10-14H2,1-2H3;2*1H4/q2*+1;;/t17-,19+;17-,19-;;/m11../s1. The average molecular weight is 669 g/mol. The third-order valence-electron chi connectivity index (χ3n) is 11.0. The third-order valence-corrected chi connectivity index (χ3v) is 11.0. The van der Waals surface area contributed by atoms with Crippen LogP contribution in [0.5, 0.6) is 0 Å². The summed E-state index contributed by atoms with van der Waals surface area (Å²) >= 11 is 0. The molecule has 0 radical (unpaired) electrons. The van der Waals surface area contributed by atoms with Crippen molar-refractivity contribution in [2.75, 3.05) is 54.4 Å². The first-order valence-electron chi connectivity index (χ1n) is 17.5. The molecule has 48 heavy (non-hydrogen) atoms. The Bertz CT molecular complexity index is 1200. The number of benzene rings is 2. The molecule has 4 fully saturated rings. The molecule has 2 aromatic rings. The van der Waals surface area contributed by atoms with Crippen LogP contribution >= 0.6 is 0 Å². The van der Waals surface area contributed by atoms with Crippen molar-refractivity contribution in [3.05, 3.63) is 71.8 Å². The van der Waals surface area contributed by atoms with E-state index in [4.69, 9.17) is 9.47 Å². The lowest BCUT2D eigenvalue weighted by atomic mass is 9.80. The monoisotopic (exact) mass is 668 g/mol. The van der Waals surface area contributed by atoms with E-state index in [9.17, 15) is 19.8 Å². The molecule has 4 atom stereocenters. The Hall–Kier alpha value is -2.78. The maximum absolute atomic E-state index is 12.9. The minimum absolute atomic E-state index is 0. The summed E-state index contributed by atoms with van der Waals surface area (Å²) in [5, 5.41) is 22.7.